The molecule has 0 amide bonds. The van der Waals surface area contributed by atoms with Crippen LogP contribution in [0.1, 0.15) is 37.3 Å². The quantitative estimate of drug-likeness (QED) is 0.0788. The number of hydrogen-bond acceptors (Lipinski definition) is 5. The topological polar surface area (TPSA) is 91.3 Å². The summed E-state index contributed by atoms with van der Waals surface area (Å²) in [7, 11) is 2.07. The van der Waals surface area contributed by atoms with Crippen LogP contribution in [0, 0.1) is 17.8 Å². The molecule has 37 heavy (non-hydrogen) atoms. The normalized spacial score (nSPS) is 21.4. The van der Waals surface area contributed by atoms with Gasteiger partial charge < -0.3 is 0 Å². The predicted molar refractivity (Wildman–Crippen MR) is 163 cm³/mol. The summed E-state index contributed by atoms with van der Waals surface area (Å²) in [6, 6.07) is 18.5. The van der Waals surface area contributed by atoms with E-state index in [0.717, 1.165) is 41.4 Å². The van der Waals surface area contributed by atoms with Gasteiger partial charge in [-0.1, -0.05) is 0 Å². The Morgan fingerprint density at radius 3 is 2.70 bits per heavy atom. The average Bonchev–Trinajstić information content (AvgIpc) is 3.28. The zero-order valence-corrected chi connectivity index (χ0v) is 24.6. The molecule has 1 heterocycles. The number of nitrogens with zero attached hydrogens (tertiary/aromatic N) is 2. The number of benzene rings is 2. The minimum atomic E-state index is -2.22. The van der Waals surface area contributed by atoms with Gasteiger partial charge in [0.2, 0.25) is 0 Å². The summed E-state index contributed by atoms with van der Waals surface area (Å²) in [5.74, 6) is 7.29. The number of unbranched alkanes of at least 4 members (excludes halogenated alkanes) is 1. The summed E-state index contributed by atoms with van der Waals surface area (Å²) < 4.78 is 7.02. The number of para-hydroxylation sites is 1. The molecule has 8 heteroatoms. The van der Waals surface area contributed by atoms with Gasteiger partial charge in [-0.3, -0.25) is 0 Å². The summed E-state index contributed by atoms with van der Waals surface area (Å²) in [4.78, 5) is 6.95. The van der Waals surface area contributed by atoms with Crippen LogP contribution >= 0.6 is 31.8 Å². The van der Waals surface area contributed by atoms with Crippen LogP contribution in [0.15, 0.2) is 59.6 Å². The fraction of sp³-hybridized carbons (Fsp3) is 0.483. The van der Waals surface area contributed by atoms with E-state index in [2.05, 4.69) is 48.1 Å². The maximum atomic E-state index is 10.6. The molecule has 1 aliphatic heterocycles. The Morgan fingerprint density at radius 1 is 1.22 bits per heavy atom. The zero-order chi connectivity index (χ0) is 26.6. The molecule has 1 fully saturated rings. The molecule has 0 radical (unpaired) electrons. The van der Waals surface area contributed by atoms with Crippen LogP contribution in [0.5, 0.6) is 0 Å². The first-order valence-corrected chi connectivity index (χ1v) is 16.9. The third kappa shape index (κ3) is 8.86. The van der Waals surface area contributed by atoms with Gasteiger partial charge in [0.25, 0.3) is 0 Å². The fourth-order valence-electron chi connectivity index (χ4n) is 4.37. The standard InChI is InChI=1S/C29H39ClIN3O3/c1-22(36)27-26(21-35)37-31(20-24-13-9-12-23(19-24)11-5-4-8-16-30)28(27)29(32)33-17-10-18-34(2)25-14-6-3-7-15-25/h3,6-7,9,12-15,19,22,26-28,35-36H,4,8,10,16-18,20-21H2,1-2H3,(H2,32,33)/t22-,26-,27+,28-/m1/s1. The molecule has 1 aliphatic rings. The summed E-state index contributed by atoms with van der Waals surface area (Å²) >= 11 is 3.53. The number of halogens is 2. The fourth-order valence-corrected chi connectivity index (χ4v) is 11.1. The van der Waals surface area contributed by atoms with E-state index in [1.54, 1.807) is 6.92 Å². The van der Waals surface area contributed by atoms with Crippen molar-refractivity contribution in [2.45, 2.75) is 46.7 Å². The number of hydrogen-bond donors (Lipinski definition) is 3. The van der Waals surface area contributed by atoms with Crippen LogP contribution in [0.2, 0.25) is 0 Å². The van der Waals surface area contributed by atoms with Gasteiger partial charge in [-0.05, 0) is 0 Å². The van der Waals surface area contributed by atoms with Crippen LogP contribution in [-0.2, 0) is 7.49 Å². The molecule has 0 aliphatic carbocycles. The van der Waals surface area contributed by atoms with Gasteiger partial charge in [0, 0.05) is 0 Å². The van der Waals surface area contributed by atoms with Crippen LogP contribution < -0.4 is 10.6 Å². The molecule has 2 aromatic carbocycles. The monoisotopic (exact) mass is 639 g/mol. The Balaban J connectivity index is 1.70. The van der Waals surface area contributed by atoms with E-state index in [1.807, 2.05) is 30.3 Å². The van der Waals surface area contributed by atoms with Gasteiger partial charge in [-0.15, -0.1) is 0 Å². The van der Waals surface area contributed by atoms with Crippen LogP contribution in [0.25, 0.3) is 0 Å². The van der Waals surface area contributed by atoms with Crippen molar-refractivity contribution in [2.75, 3.05) is 37.5 Å². The number of nitrogens with two attached hydrogens (primary N) is 1. The summed E-state index contributed by atoms with van der Waals surface area (Å²) in [6.45, 7) is 3.08. The molecule has 1 saturated heterocycles. The Bertz CT molecular complexity index is 1060. The van der Waals surface area contributed by atoms with Gasteiger partial charge in [0.1, 0.15) is 0 Å². The molecular weight excluding hydrogens is 601 g/mol. The second-order valence-electron chi connectivity index (χ2n) is 9.23. The molecule has 0 spiro atoms. The molecule has 6 nitrogen and oxygen atoms in total. The van der Waals surface area contributed by atoms with E-state index >= 15 is 0 Å². The molecule has 0 aromatic heterocycles. The van der Waals surface area contributed by atoms with E-state index < -0.39 is 32.4 Å². The van der Waals surface area contributed by atoms with Crippen LogP contribution in [0.4, 0.5) is 5.69 Å². The van der Waals surface area contributed by atoms with E-state index in [4.69, 9.17) is 25.4 Å². The summed E-state index contributed by atoms with van der Waals surface area (Å²) in [5, 5.41) is 20.6. The van der Waals surface area contributed by atoms with Gasteiger partial charge in [0.15, 0.2) is 0 Å². The molecule has 202 valence electrons. The van der Waals surface area contributed by atoms with E-state index in [9.17, 15) is 10.2 Å². The Hall–Kier alpha value is -1.83. The summed E-state index contributed by atoms with van der Waals surface area (Å²) in [6.07, 6.45) is 1.44. The third-order valence-corrected chi connectivity index (χ3v) is 12.5. The van der Waals surface area contributed by atoms with Gasteiger partial charge in [-0.25, -0.2) is 0 Å². The first-order chi connectivity index (χ1) is 17.9. The van der Waals surface area contributed by atoms with Crippen molar-refractivity contribution in [3.63, 3.8) is 0 Å². The second-order valence-corrected chi connectivity index (χ2v) is 14.2. The van der Waals surface area contributed by atoms with Crippen molar-refractivity contribution >= 4 is 43.4 Å². The molecule has 4 atom stereocenters. The van der Waals surface area contributed by atoms with Crippen molar-refractivity contribution in [1.82, 2.24) is 0 Å². The predicted octanol–water partition coefficient (Wildman–Crippen LogP) is 4.62. The van der Waals surface area contributed by atoms with E-state index in [-0.39, 0.29) is 16.4 Å². The van der Waals surface area contributed by atoms with E-state index in [1.165, 1.54) is 5.69 Å². The molecule has 0 unspecified atom stereocenters. The SMILES string of the molecule is C[C@@H](O)[C@H]1[C@@H](CO)OI(Cc2cccc(C#CCCCCl)c2)[C@H]1C(N)=NCCCN(C)c1ccccc1. The van der Waals surface area contributed by atoms with E-state index in [0.29, 0.717) is 18.3 Å². The number of amidine groups is 1. The molecular formula is C29H39ClIN3O3. The number of aliphatic imine (C=N–C) groups is 1. The van der Waals surface area contributed by atoms with Crippen molar-refractivity contribution in [2.24, 2.45) is 16.6 Å². The summed E-state index contributed by atoms with van der Waals surface area (Å²) in [5.41, 5.74) is 9.86. The van der Waals surface area contributed by atoms with Crippen molar-refractivity contribution < 1.29 is 13.3 Å². The number of alkyl halides is 3. The number of anilines is 1. The molecule has 2 aromatic rings. The first kappa shape index (κ1) is 29.7. The van der Waals surface area contributed by atoms with Gasteiger partial charge in [0.05, 0.1) is 0 Å². The van der Waals surface area contributed by atoms with Gasteiger partial charge >= 0.3 is 235 Å². The third-order valence-electron chi connectivity index (χ3n) is 6.30. The molecule has 4 N–H and O–H groups in total. The Morgan fingerprint density at radius 2 is 2.00 bits per heavy atom. The molecule has 0 saturated carbocycles. The minimum absolute atomic E-state index is 0.133. The molecule has 3 rings (SSSR count). The number of rotatable bonds is 12. The van der Waals surface area contributed by atoms with Crippen molar-refractivity contribution in [1.29, 1.82) is 0 Å². The second kappa shape index (κ2) is 15.6. The van der Waals surface area contributed by atoms with Crippen molar-refractivity contribution in [3.05, 3.63) is 65.7 Å². The van der Waals surface area contributed by atoms with Crippen molar-refractivity contribution in [3.8, 4) is 11.8 Å². The zero-order valence-electron chi connectivity index (χ0n) is 21.7. The number of aliphatic hydroxyl groups excluding tert-OH is 2. The first-order valence-electron chi connectivity index (χ1n) is 12.7. The van der Waals surface area contributed by atoms with Crippen LogP contribution in [0.3, 0.4) is 0 Å². The Kier molecular flexibility index (Phi) is 12.5. The Labute approximate surface area is 234 Å². The maximum absolute atomic E-state index is 10.6. The number of aliphatic hydroxyl groups is 2. The van der Waals surface area contributed by atoms with Crippen LogP contribution in [-0.4, -0.2) is 64.8 Å². The average molecular weight is 640 g/mol. The van der Waals surface area contributed by atoms with Gasteiger partial charge in [-0.2, -0.15) is 0 Å². The molecule has 0 bridgehead atoms.